The fraction of sp³-hybridized carbons (Fsp3) is 0.280. The molecule has 3 N–H and O–H groups in total. The number of carbonyl (C=O) groups excluding carboxylic acids is 1. The number of fused-ring (bicyclic) bond motifs is 1. The number of amides is 1. The second kappa shape index (κ2) is 8.26. The summed E-state index contributed by atoms with van der Waals surface area (Å²) in [6.45, 7) is 2.45. The van der Waals surface area contributed by atoms with Crippen LogP contribution in [0.5, 0.6) is 11.5 Å². The topological polar surface area (TPSA) is 86.7 Å². The van der Waals surface area contributed by atoms with E-state index in [1.807, 2.05) is 60.4 Å². The number of pyridine rings is 1. The predicted molar refractivity (Wildman–Crippen MR) is 120 cm³/mol. The lowest BCUT2D eigenvalue weighted by Gasteiger charge is -2.31. The Hall–Kier alpha value is -3.42. The highest BCUT2D eigenvalue weighted by Gasteiger charge is 2.55. The molecule has 2 saturated heterocycles. The number of rotatable bonds is 5. The van der Waals surface area contributed by atoms with Crippen molar-refractivity contribution in [2.24, 2.45) is 5.92 Å². The Kier molecular flexibility index (Phi) is 5.28. The van der Waals surface area contributed by atoms with Gasteiger partial charge in [0.1, 0.15) is 17.5 Å². The highest BCUT2D eigenvalue weighted by molar-refractivity contribution is 5.86. The fourth-order valence-electron chi connectivity index (χ4n) is 4.98. The van der Waals surface area contributed by atoms with E-state index < -0.39 is 6.04 Å². The van der Waals surface area contributed by atoms with Gasteiger partial charge in [0.2, 0.25) is 5.91 Å². The number of nitrogens with zero attached hydrogens (tertiary/aromatic N) is 2. The maximum absolute atomic E-state index is 13.6. The van der Waals surface area contributed by atoms with Crippen molar-refractivity contribution in [2.45, 2.75) is 31.6 Å². The quantitative estimate of drug-likeness (QED) is 0.577. The molecule has 2 aliphatic heterocycles. The van der Waals surface area contributed by atoms with Crippen molar-refractivity contribution in [1.82, 2.24) is 20.7 Å². The number of aromatic nitrogens is 1. The lowest BCUT2D eigenvalue weighted by Crippen LogP contribution is -2.41. The van der Waals surface area contributed by atoms with E-state index in [2.05, 4.69) is 15.8 Å². The molecule has 7 nitrogen and oxygen atoms in total. The van der Waals surface area contributed by atoms with Crippen molar-refractivity contribution in [1.29, 1.82) is 0 Å². The average Bonchev–Trinajstić information content (AvgIpc) is 3.35. The van der Waals surface area contributed by atoms with Gasteiger partial charge in [0.15, 0.2) is 0 Å². The number of ether oxygens (including phenoxy) is 1. The zero-order valence-corrected chi connectivity index (χ0v) is 18.0. The summed E-state index contributed by atoms with van der Waals surface area (Å²) >= 11 is 0. The van der Waals surface area contributed by atoms with Crippen LogP contribution in [0.1, 0.15) is 34.3 Å². The van der Waals surface area contributed by atoms with E-state index in [-0.39, 0.29) is 29.7 Å². The summed E-state index contributed by atoms with van der Waals surface area (Å²) < 4.78 is 5.47. The van der Waals surface area contributed by atoms with Crippen LogP contribution in [0.4, 0.5) is 0 Å². The van der Waals surface area contributed by atoms with Gasteiger partial charge in [0, 0.05) is 30.4 Å². The number of phenols is 1. The average molecular weight is 431 g/mol. The first-order chi connectivity index (χ1) is 15.6. The van der Waals surface area contributed by atoms with Gasteiger partial charge in [0.25, 0.3) is 0 Å². The van der Waals surface area contributed by atoms with E-state index in [4.69, 9.17) is 4.74 Å². The Morgan fingerprint density at radius 2 is 1.94 bits per heavy atom. The summed E-state index contributed by atoms with van der Waals surface area (Å²) in [6, 6.07) is 16.4. The van der Waals surface area contributed by atoms with E-state index in [1.54, 1.807) is 25.6 Å². The summed E-state index contributed by atoms with van der Waals surface area (Å²) in [5.74, 6) is 0.861. The number of benzene rings is 2. The molecule has 0 radical (unpaired) electrons. The molecule has 2 aliphatic rings. The molecular formula is C25H26N4O3. The molecule has 32 heavy (non-hydrogen) atoms. The van der Waals surface area contributed by atoms with Gasteiger partial charge in [-0.25, -0.2) is 10.9 Å². The third kappa shape index (κ3) is 3.49. The smallest absolute Gasteiger partial charge is 0.242 e. The monoisotopic (exact) mass is 430 g/mol. The van der Waals surface area contributed by atoms with E-state index in [1.165, 1.54) is 0 Å². The minimum atomic E-state index is -0.409. The molecule has 0 bridgehead atoms. The molecule has 4 unspecified atom stereocenters. The molecule has 164 valence electrons. The van der Waals surface area contributed by atoms with Gasteiger partial charge in [-0.2, -0.15) is 0 Å². The van der Waals surface area contributed by atoms with E-state index in [9.17, 15) is 9.90 Å². The third-order valence-corrected chi connectivity index (χ3v) is 6.44. The Labute approximate surface area is 187 Å². The van der Waals surface area contributed by atoms with Crippen LogP contribution in [0.2, 0.25) is 0 Å². The molecule has 0 spiro atoms. The molecule has 7 heteroatoms. The van der Waals surface area contributed by atoms with Crippen molar-refractivity contribution in [2.75, 3.05) is 7.11 Å². The van der Waals surface area contributed by atoms with E-state index in [0.717, 1.165) is 28.0 Å². The first-order valence-electron chi connectivity index (χ1n) is 10.7. The second-order valence-corrected chi connectivity index (χ2v) is 8.43. The van der Waals surface area contributed by atoms with Crippen molar-refractivity contribution in [3.8, 4) is 11.5 Å². The number of hydrazine groups is 1. The van der Waals surface area contributed by atoms with Crippen LogP contribution in [-0.4, -0.2) is 34.0 Å². The Morgan fingerprint density at radius 3 is 2.72 bits per heavy atom. The van der Waals surface area contributed by atoms with E-state index in [0.29, 0.717) is 6.54 Å². The second-order valence-electron chi connectivity index (χ2n) is 8.43. The van der Waals surface area contributed by atoms with Gasteiger partial charge < -0.3 is 14.7 Å². The number of likely N-dealkylation sites (tertiary alicyclic amines) is 1. The largest absolute Gasteiger partial charge is 0.508 e. The van der Waals surface area contributed by atoms with Gasteiger partial charge in [-0.15, -0.1) is 0 Å². The first-order valence-corrected chi connectivity index (χ1v) is 10.7. The number of aryl methyl sites for hydroxylation is 1. The highest BCUT2D eigenvalue weighted by Crippen LogP contribution is 2.49. The predicted octanol–water partition coefficient (Wildman–Crippen LogP) is 3.02. The molecule has 3 aromatic rings. The Morgan fingerprint density at radius 1 is 1.09 bits per heavy atom. The van der Waals surface area contributed by atoms with Crippen LogP contribution < -0.4 is 15.6 Å². The lowest BCUT2D eigenvalue weighted by molar-refractivity contribution is -0.131. The number of nitrogens with one attached hydrogen (secondary N) is 2. The third-order valence-electron chi connectivity index (χ3n) is 6.44. The maximum Gasteiger partial charge on any atom is 0.242 e. The minimum absolute atomic E-state index is 0.0221. The van der Waals surface area contributed by atoms with Gasteiger partial charge in [0.05, 0.1) is 19.2 Å². The molecule has 5 rings (SSSR count). The zero-order valence-electron chi connectivity index (χ0n) is 18.0. The van der Waals surface area contributed by atoms with Crippen molar-refractivity contribution < 1.29 is 14.6 Å². The van der Waals surface area contributed by atoms with Crippen molar-refractivity contribution >= 4 is 5.91 Å². The molecular weight excluding hydrogens is 404 g/mol. The summed E-state index contributed by atoms with van der Waals surface area (Å²) in [5.41, 5.74) is 10.3. The standard InChI is InChI=1S/C25H26N4O3/c1-15-8-9-20(30)19(11-15)22-21-23(28-27-22)25(31)29(14-16-5-4-10-26-13-16)24(21)17-6-3-7-18(12-17)32-2/h3-13,21-24,27-28,30H,14H2,1-2H3. The van der Waals surface area contributed by atoms with Gasteiger partial charge in [-0.3, -0.25) is 9.78 Å². The fourth-order valence-corrected chi connectivity index (χ4v) is 4.98. The summed E-state index contributed by atoms with van der Waals surface area (Å²) in [5, 5.41) is 10.6. The summed E-state index contributed by atoms with van der Waals surface area (Å²) in [7, 11) is 1.64. The number of methoxy groups -OCH3 is 1. The summed E-state index contributed by atoms with van der Waals surface area (Å²) in [6.07, 6.45) is 3.52. The highest BCUT2D eigenvalue weighted by atomic mass is 16.5. The number of carbonyl (C=O) groups is 1. The molecule has 3 heterocycles. The maximum atomic E-state index is 13.6. The van der Waals surface area contributed by atoms with Crippen LogP contribution in [0.15, 0.2) is 67.0 Å². The first kappa shape index (κ1) is 20.5. The molecule has 0 saturated carbocycles. The lowest BCUT2D eigenvalue weighted by atomic mass is 9.82. The number of aromatic hydroxyl groups is 1. The molecule has 2 fully saturated rings. The van der Waals surface area contributed by atoms with Crippen molar-refractivity contribution in [3.05, 3.63) is 89.2 Å². The number of phenolic OH excluding ortho intramolecular Hbond substituents is 1. The van der Waals surface area contributed by atoms with Gasteiger partial charge in [-0.05, 0) is 42.3 Å². The van der Waals surface area contributed by atoms with Crippen molar-refractivity contribution in [3.63, 3.8) is 0 Å². The zero-order chi connectivity index (χ0) is 22.2. The summed E-state index contributed by atoms with van der Waals surface area (Å²) in [4.78, 5) is 19.7. The normalized spacial score (nSPS) is 24.6. The Bertz CT molecular complexity index is 1140. The van der Waals surface area contributed by atoms with Crippen LogP contribution in [-0.2, 0) is 11.3 Å². The minimum Gasteiger partial charge on any atom is -0.508 e. The SMILES string of the molecule is COc1cccc(C2C3C(NNC3c3cc(C)ccc3O)C(=O)N2Cc2cccnc2)c1. The number of hydrogen-bond acceptors (Lipinski definition) is 6. The molecule has 4 atom stereocenters. The van der Waals surface area contributed by atoms with Crippen LogP contribution in [0.25, 0.3) is 0 Å². The van der Waals surface area contributed by atoms with Gasteiger partial charge in [-0.1, -0.05) is 35.9 Å². The number of hydrogen-bond donors (Lipinski definition) is 3. The van der Waals surface area contributed by atoms with Crippen LogP contribution >= 0.6 is 0 Å². The molecule has 0 aliphatic carbocycles. The van der Waals surface area contributed by atoms with E-state index >= 15 is 0 Å². The van der Waals surface area contributed by atoms with Gasteiger partial charge >= 0.3 is 0 Å². The van der Waals surface area contributed by atoms with Crippen LogP contribution in [0.3, 0.4) is 0 Å². The molecule has 1 amide bonds. The van der Waals surface area contributed by atoms with Crippen LogP contribution in [0, 0.1) is 12.8 Å². The molecule has 1 aromatic heterocycles. The Balaban J connectivity index is 1.60. The molecule has 2 aromatic carbocycles.